The highest BCUT2D eigenvalue weighted by Crippen LogP contribution is 2.49. The van der Waals surface area contributed by atoms with Crippen LogP contribution in [0.1, 0.15) is 32.3 Å². The average molecular weight is 393 g/mol. The lowest BCUT2D eigenvalue weighted by Crippen LogP contribution is -2.61. The van der Waals surface area contributed by atoms with Crippen LogP contribution in [0.3, 0.4) is 0 Å². The SMILES string of the molecule is CC(C)CNC(=O)C1=NOC2(CCNCC2)C1(C=O)c1cccc2ccccc12. The van der Waals surface area contributed by atoms with Crippen molar-refractivity contribution in [2.24, 2.45) is 11.1 Å². The molecule has 1 spiro atoms. The molecule has 0 aliphatic carbocycles. The van der Waals surface area contributed by atoms with Crippen LogP contribution in [-0.2, 0) is 19.8 Å². The van der Waals surface area contributed by atoms with E-state index in [0.29, 0.717) is 32.5 Å². The summed E-state index contributed by atoms with van der Waals surface area (Å²) in [5, 5.41) is 12.5. The van der Waals surface area contributed by atoms with E-state index in [1.807, 2.05) is 56.3 Å². The van der Waals surface area contributed by atoms with Crippen LogP contribution in [0.2, 0.25) is 0 Å². The molecule has 2 aliphatic rings. The van der Waals surface area contributed by atoms with Crippen molar-refractivity contribution < 1.29 is 14.4 Å². The number of fused-ring (bicyclic) bond motifs is 1. The second-order valence-electron chi connectivity index (χ2n) is 8.33. The molecule has 6 nitrogen and oxygen atoms in total. The Balaban J connectivity index is 1.91. The monoisotopic (exact) mass is 393 g/mol. The molecule has 2 N–H and O–H groups in total. The van der Waals surface area contributed by atoms with Gasteiger partial charge >= 0.3 is 0 Å². The highest BCUT2D eigenvalue weighted by molar-refractivity contribution is 6.46. The van der Waals surface area contributed by atoms with Crippen molar-refractivity contribution in [3.8, 4) is 0 Å². The van der Waals surface area contributed by atoms with Gasteiger partial charge in [-0.05, 0) is 35.3 Å². The molecule has 0 saturated carbocycles. The van der Waals surface area contributed by atoms with Crippen molar-refractivity contribution in [2.45, 2.75) is 37.7 Å². The molecule has 2 heterocycles. The van der Waals surface area contributed by atoms with Crippen molar-refractivity contribution in [3.63, 3.8) is 0 Å². The molecule has 0 aromatic heterocycles. The first-order valence-corrected chi connectivity index (χ1v) is 10.2. The molecule has 1 unspecified atom stereocenters. The molecular formula is C23H27N3O3. The number of piperidine rings is 1. The largest absolute Gasteiger partial charge is 0.387 e. The topological polar surface area (TPSA) is 79.8 Å². The molecule has 2 aromatic rings. The number of carbonyl (C=O) groups is 2. The second-order valence-corrected chi connectivity index (χ2v) is 8.33. The molecule has 0 bridgehead atoms. The summed E-state index contributed by atoms with van der Waals surface area (Å²) in [6, 6.07) is 13.8. The molecule has 2 aliphatic heterocycles. The number of carbonyl (C=O) groups excluding carboxylic acids is 2. The quantitative estimate of drug-likeness (QED) is 0.765. The van der Waals surface area contributed by atoms with Crippen molar-refractivity contribution >= 4 is 28.7 Å². The number of hydrogen-bond acceptors (Lipinski definition) is 5. The Morgan fingerprint density at radius 1 is 1.21 bits per heavy atom. The molecule has 152 valence electrons. The fraction of sp³-hybridized carbons (Fsp3) is 0.435. The maximum absolute atomic E-state index is 13.2. The van der Waals surface area contributed by atoms with Crippen LogP contribution >= 0.6 is 0 Å². The van der Waals surface area contributed by atoms with Crippen molar-refractivity contribution in [1.82, 2.24) is 10.6 Å². The van der Waals surface area contributed by atoms with Gasteiger partial charge in [-0.15, -0.1) is 0 Å². The summed E-state index contributed by atoms with van der Waals surface area (Å²) in [6.45, 7) is 5.98. The third-order valence-corrected chi connectivity index (χ3v) is 6.09. The molecule has 2 aromatic carbocycles. The minimum Gasteiger partial charge on any atom is -0.387 e. The molecule has 1 fully saturated rings. The average Bonchev–Trinajstić information content (AvgIpc) is 3.06. The molecule has 1 saturated heterocycles. The van der Waals surface area contributed by atoms with Gasteiger partial charge in [0, 0.05) is 19.4 Å². The highest BCUT2D eigenvalue weighted by Gasteiger charge is 2.64. The summed E-state index contributed by atoms with van der Waals surface area (Å²) in [6.07, 6.45) is 2.08. The first-order valence-electron chi connectivity index (χ1n) is 10.2. The lowest BCUT2D eigenvalue weighted by molar-refractivity contribution is -0.125. The summed E-state index contributed by atoms with van der Waals surface area (Å²) in [4.78, 5) is 32.1. The molecule has 4 rings (SSSR count). The molecule has 1 atom stereocenters. The first kappa shape index (κ1) is 19.6. The van der Waals surface area contributed by atoms with Gasteiger partial charge in [0.2, 0.25) is 0 Å². The van der Waals surface area contributed by atoms with E-state index in [-0.39, 0.29) is 17.5 Å². The van der Waals surface area contributed by atoms with Crippen LogP contribution in [0.15, 0.2) is 47.6 Å². The van der Waals surface area contributed by atoms with Crippen molar-refractivity contribution in [3.05, 3.63) is 48.0 Å². The Morgan fingerprint density at radius 2 is 1.93 bits per heavy atom. The standard InChI is InChI=1S/C23H27N3O3/c1-16(2)14-25-21(28)20-23(15-27,22(29-26-20)10-12-24-13-11-22)19-9-5-7-17-6-3-4-8-18(17)19/h3-9,15-16,24H,10-14H2,1-2H3,(H,25,28). The van der Waals surface area contributed by atoms with Crippen LogP contribution in [0.4, 0.5) is 0 Å². The van der Waals surface area contributed by atoms with Gasteiger partial charge in [-0.2, -0.15) is 0 Å². The van der Waals surface area contributed by atoms with E-state index < -0.39 is 11.0 Å². The third-order valence-electron chi connectivity index (χ3n) is 6.09. The summed E-state index contributed by atoms with van der Waals surface area (Å²) in [5.74, 6) is -0.0490. The summed E-state index contributed by atoms with van der Waals surface area (Å²) < 4.78 is 0. The van der Waals surface area contributed by atoms with E-state index in [0.717, 1.165) is 22.6 Å². The minimum absolute atomic E-state index is 0.159. The van der Waals surface area contributed by atoms with E-state index in [4.69, 9.17) is 4.84 Å². The van der Waals surface area contributed by atoms with Gasteiger partial charge in [-0.25, -0.2) is 0 Å². The zero-order valence-electron chi connectivity index (χ0n) is 16.9. The van der Waals surface area contributed by atoms with Crippen LogP contribution in [0.5, 0.6) is 0 Å². The number of hydrogen-bond donors (Lipinski definition) is 2. The Morgan fingerprint density at radius 3 is 2.66 bits per heavy atom. The Labute approximate surface area is 170 Å². The van der Waals surface area contributed by atoms with Crippen LogP contribution in [0, 0.1) is 5.92 Å². The van der Waals surface area contributed by atoms with Gasteiger partial charge < -0.3 is 20.3 Å². The molecule has 0 radical (unpaired) electrons. The Bertz CT molecular complexity index is 957. The number of aldehydes is 1. The second kappa shape index (κ2) is 7.59. The van der Waals surface area contributed by atoms with E-state index in [9.17, 15) is 9.59 Å². The van der Waals surface area contributed by atoms with Crippen LogP contribution in [-0.4, -0.2) is 43.1 Å². The minimum atomic E-state index is -1.25. The molecule has 6 heteroatoms. The molecule has 29 heavy (non-hydrogen) atoms. The number of benzene rings is 2. The zero-order chi connectivity index (χ0) is 20.5. The van der Waals surface area contributed by atoms with Gasteiger partial charge in [0.05, 0.1) is 0 Å². The summed E-state index contributed by atoms with van der Waals surface area (Å²) in [5.41, 5.74) is -1.18. The number of rotatable bonds is 5. The van der Waals surface area contributed by atoms with Crippen molar-refractivity contribution in [2.75, 3.05) is 19.6 Å². The van der Waals surface area contributed by atoms with E-state index >= 15 is 0 Å². The zero-order valence-corrected chi connectivity index (χ0v) is 16.9. The normalized spacial score (nSPS) is 23.1. The predicted molar refractivity (Wildman–Crippen MR) is 113 cm³/mol. The molecule has 1 amide bonds. The van der Waals surface area contributed by atoms with Gasteiger partial charge in [-0.1, -0.05) is 61.5 Å². The molecular weight excluding hydrogens is 366 g/mol. The van der Waals surface area contributed by atoms with Gasteiger partial charge in [0.1, 0.15) is 11.7 Å². The first-order chi connectivity index (χ1) is 14.0. The van der Waals surface area contributed by atoms with Crippen LogP contribution < -0.4 is 10.6 Å². The van der Waals surface area contributed by atoms with Gasteiger partial charge in [0.25, 0.3) is 5.91 Å². The predicted octanol–water partition coefficient (Wildman–Crippen LogP) is 2.56. The number of amides is 1. The Hall–Kier alpha value is -2.73. The van der Waals surface area contributed by atoms with E-state index in [1.54, 1.807) is 0 Å². The van der Waals surface area contributed by atoms with Crippen LogP contribution in [0.25, 0.3) is 10.8 Å². The van der Waals surface area contributed by atoms with Crippen molar-refractivity contribution in [1.29, 1.82) is 0 Å². The fourth-order valence-electron chi connectivity index (χ4n) is 4.58. The summed E-state index contributed by atoms with van der Waals surface area (Å²) in [7, 11) is 0. The lowest BCUT2D eigenvalue weighted by atomic mass is 9.61. The van der Waals surface area contributed by atoms with E-state index in [1.165, 1.54) is 0 Å². The van der Waals surface area contributed by atoms with Gasteiger partial charge in [0.15, 0.2) is 11.3 Å². The highest BCUT2D eigenvalue weighted by atomic mass is 16.7. The van der Waals surface area contributed by atoms with Gasteiger partial charge in [-0.3, -0.25) is 4.79 Å². The number of nitrogens with one attached hydrogen (secondary N) is 2. The third kappa shape index (κ3) is 3.02. The Kier molecular flexibility index (Phi) is 5.13. The number of nitrogens with zero attached hydrogens (tertiary/aromatic N) is 1. The smallest absolute Gasteiger partial charge is 0.270 e. The maximum atomic E-state index is 13.2. The van der Waals surface area contributed by atoms with E-state index in [2.05, 4.69) is 15.8 Å². The lowest BCUT2D eigenvalue weighted by Gasteiger charge is -2.43. The fourth-order valence-corrected chi connectivity index (χ4v) is 4.58. The summed E-state index contributed by atoms with van der Waals surface area (Å²) >= 11 is 0. The number of oxime groups is 1. The maximum Gasteiger partial charge on any atom is 0.270 e.